The highest BCUT2D eigenvalue weighted by Gasteiger charge is 2.12. The van der Waals surface area contributed by atoms with Gasteiger partial charge in [-0.15, -0.1) is 0 Å². The normalized spacial score (nSPS) is 12.4. The van der Waals surface area contributed by atoms with E-state index in [0.717, 1.165) is 11.1 Å². The van der Waals surface area contributed by atoms with E-state index in [9.17, 15) is 8.78 Å². The molecule has 0 bridgehead atoms. The molecule has 0 amide bonds. The Hall–Kier alpha value is -1.26. The minimum atomic E-state index is -0.292. The smallest absolute Gasteiger partial charge is 0.124 e. The summed E-state index contributed by atoms with van der Waals surface area (Å²) in [6, 6.07) is 11.1. The average molecular weight is 326 g/mol. The Morgan fingerprint density at radius 2 is 1.84 bits per heavy atom. The highest BCUT2D eigenvalue weighted by Crippen LogP contribution is 2.23. The first-order valence-electron chi connectivity index (χ1n) is 5.99. The van der Waals surface area contributed by atoms with E-state index in [1.807, 2.05) is 12.1 Å². The van der Waals surface area contributed by atoms with Crippen LogP contribution in [-0.4, -0.2) is 6.54 Å². The number of halogens is 3. The molecule has 1 nitrogen and oxygen atoms in total. The van der Waals surface area contributed by atoms with E-state index in [1.54, 1.807) is 6.07 Å². The molecule has 0 spiro atoms. The number of rotatable bonds is 4. The third-order valence-electron chi connectivity index (χ3n) is 3.01. The van der Waals surface area contributed by atoms with Gasteiger partial charge in [0.1, 0.15) is 11.6 Å². The van der Waals surface area contributed by atoms with E-state index in [2.05, 4.69) is 15.9 Å². The maximum atomic E-state index is 13.3. The molecule has 0 radical (unpaired) electrons. The monoisotopic (exact) mass is 325 g/mol. The van der Waals surface area contributed by atoms with Crippen molar-refractivity contribution in [2.24, 2.45) is 5.73 Å². The number of hydrogen-bond acceptors (Lipinski definition) is 1. The Balaban J connectivity index is 2.23. The fourth-order valence-corrected chi connectivity index (χ4v) is 2.62. The third kappa shape index (κ3) is 3.85. The first kappa shape index (κ1) is 14.2. The minimum Gasteiger partial charge on any atom is -0.330 e. The molecule has 2 aromatic rings. The summed E-state index contributed by atoms with van der Waals surface area (Å²) in [7, 11) is 0. The zero-order chi connectivity index (χ0) is 13.8. The first-order chi connectivity index (χ1) is 9.08. The van der Waals surface area contributed by atoms with Crippen LogP contribution < -0.4 is 5.73 Å². The van der Waals surface area contributed by atoms with Gasteiger partial charge in [-0.1, -0.05) is 28.1 Å². The molecule has 0 fully saturated rings. The molecule has 0 aromatic heterocycles. The predicted octanol–water partition coefficient (Wildman–Crippen LogP) is 4.01. The van der Waals surface area contributed by atoms with Gasteiger partial charge in [-0.05, 0) is 54.4 Å². The van der Waals surface area contributed by atoms with Crippen molar-refractivity contribution in [3.63, 3.8) is 0 Å². The van der Waals surface area contributed by atoms with Gasteiger partial charge < -0.3 is 5.73 Å². The summed E-state index contributed by atoms with van der Waals surface area (Å²) >= 11 is 3.26. The van der Waals surface area contributed by atoms with Crippen LogP contribution in [0.2, 0.25) is 0 Å². The molecule has 100 valence electrons. The van der Waals surface area contributed by atoms with E-state index in [1.165, 1.54) is 24.3 Å². The summed E-state index contributed by atoms with van der Waals surface area (Å²) in [4.78, 5) is 0. The fourth-order valence-electron chi connectivity index (χ4n) is 2.11. The molecular formula is C15H14BrF2N. The Morgan fingerprint density at radius 3 is 2.47 bits per heavy atom. The van der Waals surface area contributed by atoms with Crippen molar-refractivity contribution in [3.8, 4) is 0 Å². The van der Waals surface area contributed by atoms with Gasteiger partial charge in [0, 0.05) is 10.4 Å². The lowest BCUT2D eigenvalue weighted by Crippen LogP contribution is -2.15. The van der Waals surface area contributed by atoms with Crippen molar-refractivity contribution in [3.05, 3.63) is 69.7 Å². The summed E-state index contributed by atoms with van der Waals surface area (Å²) in [6.07, 6.45) is 0.580. The molecular weight excluding hydrogens is 312 g/mol. The number of benzene rings is 2. The van der Waals surface area contributed by atoms with Gasteiger partial charge >= 0.3 is 0 Å². The average Bonchev–Trinajstić information content (AvgIpc) is 2.34. The van der Waals surface area contributed by atoms with Gasteiger partial charge in [0.05, 0.1) is 0 Å². The molecule has 0 heterocycles. The van der Waals surface area contributed by atoms with Gasteiger partial charge in [-0.2, -0.15) is 0 Å². The van der Waals surface area contributed by atoms with Crippen molar-refractivity contribution in [2.75, 3.05) is 6.54 Å². The highest BCUT2D eigenvalue weighted by molar-refractivity contribution is 9.10. The van der Waals surface area contributed by atoms with Gasteiger partial charge in [-0.25, -0.2) is 8.78 Å². The molecule has 0 saturated carbocycles. The van der Waals surface area contributed by atoms with Crippen molar-refractivity contribution in [1.29, 1.82) is 0 Å². The van der Waals surface area contributed by atoms with E-state index in [-0.39, 0.29) is 17.6 Å². The second-order valence-corrected chi connectivity index (χ2v) is 5.39. The first-order valence-corrected chi connectivity index (χ1v) is 6.78. The van der Waals surface area contributed by atoms with E-state index in [4.69, 9.17) is 5.73 Å². The van der Waals surface area contributed by atoms with Crippen LogP contribution in [0.5, 0.6) is 0 Å². The summed E-state index contributed by atoms with van der Waals surface area (Å²) in [5, 5.41) is 0. The molecule has 0 aliphatic carbocycles. The van der Waals surface area contributed by atoms with Crippen molar-refractivity contribution >= 4 is 15.9 Å². The van der Waals surface area contributed by atoms with Gasteiger partial charge in [-0.3, -0.25) is 0 Å². The largest absolute Gasteiger partial charge is 0.330 e. The molecule has 0 aliphatic rings. The molecule has 2 N–H and O–H groups in total. The van der Waals surface area contributed by atoms with Crippen LogP contribution in [0.4, 0.5) is 8.78 Å². The van der Waals surface area contributed by atoms with Crippen LogP contribution in [0.1, 0.15) is 17.0 Å². The number of hydrogen-bond donors (Lipinski definition) is 1. The quantitative estimate of drug-likeness (QED) is 0.903. The van der Waals surface area contributed by atoms with Crippen LogP contribution in [0.3, 0.4) is 0 Å². The molecule has 4 heteroatoms. The van der Waals surface area contributed by atoms with Gasteiger partial charge in [0.25, 0.3) is 0 Å². The molecule has 0 aliphatic heterocycles. The Morgan fingerprint density at radius 1 is 1.05 bits per heavy atom. The second-order valence-electron chi connectivity index (χ2n) is 4.47. The standard InChI is InChI=1S/C15H14BrF2N/c16-13-5-10(6-15(18)8-13)4-12(9-19)11-2-1-3-14(17)7-11/h1-3,5-8,12H,4,9,19H2. The lowest BCUT2D eigenvalue weighted by atomic mass is 9.92. The Labute approximate surface area is 119 Å². The van der Waals surface area contributed by atoms with Crippen LogP contribution in [-0.2, 0) is 6.42 Å². The topological polar surface area (TPSA) is 26.0 Å². The van der Waals surface area contributed by atoms with Crippen LogP contribution in [0, 0.1) is 11.6 Å². The summed E-state index contributed by atoms with van der Waals surface area (Å²) < 4.78 is 27.2. The summed E-state index contributed by atoms with van der Waals surface area (Å²) in [6.45, 7) is 0.386. The maximum Gasteiger partial charge on any atom is 0.124 e. The van der Waals surface area contributed by atoms with E-state index >= 15 is 0 Å². The molecule has 0 saturated heterocycles. The fraction of sp³-hybridized carbons (Fsp3) is 0.200. The Kier molecular flexibility index (Phi) is 4.66. The van der Waals surface area contributed by atoms with Crippen LogP contribution in [0.25, 0.3) is 0 Å². The lowest BCUT2D eigenvalue weighted by Gasteiger charge is -2.15. The van der Waals surface area contributed by atoms with Crippen LogP contribution >= 0.6 is 15.9 Å². The summed E-state index contributed by atoms with van der Waals surface area (Å²) in [5.41, 5.74) is 7.43. The second kappa shape index (κ2) is 6.26. The third-order valence-corrected chi connectivity index (χ3v) is 3.47. The van der Waals surface area contributed by atoms with Crippen molar-refractivity contribution < 1.29 is 8.78 Å². The SMILES string of the molecule is NCC(Cc1cc(F)cc(Br)c1)c1cccc(F)c1. The molecule has 1 unspecified atom stereocenters. The van der Waals surface area contributed by atoms with Gasteiger partial charge in [0.15, 0.2) is 0 Å². The number of nitrogens with two attached hydrogens (primary N) is 1. The van der Waals surface area contributed by atoms with Crippen molar-refractivity contribution in [2.45, 2.75) is 12.3 Å². The minimum absolute atomic E-state index is 0.0237. The molecule has 1 atom stereocenters. The molecule has 19 heavy (non-hydrogen) atoms. The zero-order valence-corrected chi connectivity index (χ0v) is 11.8. The predicted molar refractivity (Wildman–Crippen MR) is 76.0 cm³/mol. The van der Waals surface area contributed by atoms with Gasteiger partial charge in [0.2, 0.25) is 0 Å². The molecule has 2 aromatic carbocycles. The van der Waals surface area contributed by atoms with Crippen LogP contribution in [0.15, 0.2) is 46.9 Å². The molecule has 2 rings (SSSR count). The maximum absolute atomic E-state index is 13.3. The Bertz CT molecular complexity index is 552. The lowest BCUT2D eigenvalue weighted by molar-refractivity contribution is 0.611. The van der Waals surface area contributed by atoms with Crippen molar-refractivity contribution in [1.82, 2.24) is 0 Å². The van der Waals surface area contributed by atoms with E-state index < -0.39 is 0 Å². The summed E-state index contributed by atoms with van der Waals surface area (Å²) in [5.74, 6) is -0.597. The zero-order valence-electron chi connectivity index (χ0n) is 10.2. The van der Waals surface area contributed by atoms with E-state index in [0.29, 0.717) is 17.4 Å². The highest BCUT2D eigenvalue weighted by atomic mass is 79.9.